The Balaban J connectivity index is 2.19. The summed E-state index contributed by atoms with van der Waals surface area (Å²) in [5.74, 6) is -1.08. The zero-order valence-corrected chi connectivity index (χ0v) is 13.4. The van der Waals surface area contributed by atoms with Crippen molar-refractivity contribution in [2.75, 3.05) is 0 Å². The first kappa shape index (κ1) is 16.6. The van der Waals surface area contributed by atoms with E-state index in [1.165, 1.54) is 12.1 Å². The Labute approximate surface area is 144 Å². The van der Waals surface area contributed by atoms with Crippen LogP contribution in [0.1, 0.15) is 42.2 Å². The number of carbonyl (C=O) groups excluding carboxylic acids is 2. The molecule has 0 aliphatic heterocycles. The summed E-state index contributed by atoms with van der Waals surface area (Å²) in [6.45, 7) is 0. The molecule has 0 fully saturated rings. The Kier molecular flexibility index (Phi) is 4.70. The van der Waals surface area contributed by atoms with Gasteiger partial charge in [-0.2, -0.15) is 0 Å². The minimum atomic E-state index is -1.08. The molecule has 0 spiro atoms. The number of rotatable bonds is 6. The second-order valence-corrected chi connectivity index (χ2v) is 5.79. The summed E-state index contributed by atoms with van der Waals surface area (Å²) in [4.78, 5) is 34.5. The van der Waals surface area contributed by atoms with Crippen molar-refractivity contribution in [2.24, 2.45) is 0 Å². The highest BCUT2D eigenvalue weighted by molar-refractivity contribution is 6.14. The van der Waals surface area contributed by atoms with Crippen molar-refractivity contribution < 1.29 is 19.5 Å². The van der Waals surface area contributed by atoms with Crippen molar-refractivity contribution >= 4 is 29.3 Å². The van der Waals surface area contributed by atoms with E-state index in [9.17, 15) is 19.5 Å². The molecule has 0 bridgehead atoms. The monoisotopic (exact) mass is 332 g/mol. The van der Waals surface area contributed by atoms with E-state index in [-0.39, 0.29) is 5.56 Å². The summed E-state index contributed by atoms with van der Waals surface area (Å²) >= 11 is 0. The zero-order valence-electron chi connectivity index (χ0n) is 13.4. The van der Waals surface area contributed by atoms with Gasteiger partial charge in [-0.3, -0.25) is 9.59 Å². The van der Waals surface area contributed by atoms with Crippen LogP contribution >= 0.6 is 0 Å². The van der Waals surface area contributed by atoms with Gasteiger partial charge in [0.2, 0.25) is 0 Å². The van der Waals surface area contributed by atoms with Crippen molar-refractivity contribution in [3.63, 3.8) is 0 Å². The molecule has 0 atom stereocenters. The number of aldehydes is 2. The van der Waals surface area contributed by atoms with Gasteiger partial charge in [0, 0.05) is 21.9 Å². The average molecular weight is 332 g/mol. The van der Waals surface area contributed by atoms with Gasteiger partial charge < -0.3 is 5.11 Å². The van der Waals surface area contributed by atoms with Crippen LogP contribution in [-0.2, 0) is 12.8 Å². The van der Waals surface area contributed by atoms with Gasteiger partial charge in [0.15, 0.2) is 12.6 Å². The third-order valence-electron chi connectivity index (χ3n) is 4.32. The van der Waals surface area contributed by atoms with Gasteiger partial charge in [-0.25, -0.2) is 4.79 Å². The fraction of sp³-hybridized carbons (Fsp3) is 0.0952. The van der Waals surface area contributed by atoms with Crippen LogP contribution in [0.4, 0.5) is 0 Å². The van der Waals surface area contributed by atoms with E-state index >= 15 is 0 Å². The van der Waals surface area contributed by atoms with Crippen molar-refractivity contribution in [1.29, 1.82) is 0 Å². The van der Waals surface area contributed by atoms with E-state index in [2.05, 4.69) is 0 Å². The van der Waals surface area contributed by atoms with E-state index < -0.39 is 5.97 Å². The first-order valence-electron chi connectivity index (χ1n) is 7.92. The molecule has 4 nitrogen and oxygen atoms in total. The number of carboxylic acids is 1. The predicted octanol–water partition coefficient (Wildman–Crippen LogP) is 3.95. The number of carboxylic acid groups (broad SMARTS) is 1. The minimum Gasteiger partial charge on any atom is -0.478 e. The summed E-state index contributed by atoms with van der Waals surface area (Å²) in [5, 5.41) is 10.4. The Morgan fingerprint density at radius 2 is 1.44 bits per heavy atom. The van der Waals surface area contributed by atoms with E-state index in [1.807, 2.05) is 30.3 Å². The van der Waals surface area contributed by atoms with Crippen molar-refractivity contribution in [3.05, 3.63) is 82.4 Å². The van der Waals surface area contributed by atoms with Gasteiger partial charge in [-0.15, -0.1) is 0 Å². The first-order chi connectivity index (χ1) is 12.2. The van der Waals surface area contributed by atoms with Gasteiger partial charge in [0.25, 0.3) is 0 Å². The summed E-state index contributed by atoms with van der Waals surface area (Å²) in [6.07, 6.45) is 2.66. The van der Waals surface area contributed by atoms with Crippen LogP contribution in [0.5, 0.6) is 0 Å². The van der Waals surface area contributed by atoms with Gasteiger partial charge in [0.05, 0.1) is 5.56 Å². The predicted molar refractivity (Wildman–Crippen MR) is 95.5 cm³/mol. The number of benzene rings is 3. The summed E-state index contributed by atoms with van der Waals surface area (Å²) in [6, 6.07) is 16.2. The lowest BCUT2D eigenvalue weighted by molar-refractivity contribution is 0.0698. The van der Waals surface area contributed by atoms with Gasteiger partial charge in [-0.05, 0) is 30.0 Å². The first-order valence-corrected chi connectivity index (χ1v) is 7.92. The molecule has 3 aromatic rings. The molecule has 0 unspecified atom stereocenters. The summed E-state index contributed by atoms with van der Waals surface area (Å²) in [7, 11) is 0. The normalized spacial score (nSPS) is 10.6. The highest BCUT2D eigenvalue weighted by Crippen LogP contribution is 2.29. The molecule has 4 heteroatoms. The molecule has 0 radical (unpaired) electrons. The number of carbonyl (C=O) groups is 3. The summed E-state index contributed by atoms with van der Waals surface area (Å²) in [5.41, 5.74) is 2.70. The van der Waals surface area contributed by atoms with E-state index in [4.69, 9.17) is 0 Å². The molecule has 0 heterocycles. The van der Waals surface area contributed by atoms with Crippen LogP contribution in [-0.4, -0.2) is 23.6 Å². The lowest BCUT2D eigenvalue weighted by atomic mass is 9.90. The third kappa shape index (κ3) is 3.19. The molecule has 0 aliphatic carbocycles. The molecule has 1 N–H and O–H groups in total. The molecule has 0 saturated carbocycles. The van der Waals surface area contributed by atoms with E-state index in [0.29, 0.717) is 40.9 Å². The fourth-order valence-electron chi connectivity index (χ4n) is 3.13. The molecule has 124 valence electrons. The van der Waals surface area contributed by atoms with Crippen molar-refractivity contribution in [3.8, 4) is 0 Å². The lowest BCUT2D eigenvalue weighted by Crippen LogP contribution is -2.04. The molecular weight excluding hydrogens is 316 g/mol. The van der Waals surface area contributed by atoms with Gasteiger partial charge in [0.1, 0.15) is 0 Å². The molecule has 0 aromatic heterocycles. The van der Waals surface area contributed by atoms with Crippen molar-refractivity contribution in [2.45, 2.75) is 12.8 Å². The maximum absolute atomic E-state index is 11.7. The molecule has 3 aromatic carbocycles. The van der Waals surface area contributed by atoms with Gasteiger partial charge >= 0.3 is 5.97 Å². The smallest absolute Gasteiger partial charge is 0.336 e. The topological polar surface area (TPSA) is 71.4 Å². The molecule has 0 saturated heterocycles. The molecule has 0 aliphatic rings. The zero-order chi connectivity index (χ0) is 17.8. The number of hydrogen-bond donors (Lipinski definition) is 1. The van der Waals surface area contributed by atoms with Crippen LogP contribution in [0.25, 0.3) is 10.8 Å². The number of fused-ring (bicyclic) bond motifs is 1. The highest BCUT2D eigenvalue weighted by atomic mass is 16.4. The number of hydrogen-bond acceptors (Lipinski definition) is 3. The second kappa shape index (κ2) is 7.09. The van der Waals surface area contributed by atoms with Crippen LogP contribution in [0.2, 0.25) is 0 Å². The largest absolute Gasteiger partial charge is 0.478 e. The maximum atomic E-state index is 11.7. The number of aryl methyl sites for hydroxylation is 2. The van der Waals surface area contributed by atoms with Crippen molar-refractivity contribution in [1.82, 2.24) is 0 Å². The Morgan fingerprint density at radius 3 is 2.04 bits per heavy atom. The fourth-order valence-corrected chi connectivity index (χ4v) is 3.13. The highest BCUT2D eigenvalue weighted by Gasteiger charge is 2.17. The quantitative estimate of drug-likeness (QED) is 0.694. The maximum Gasteiger partial charge on any atom is 0.336 e. The SMILES string of the molecule is O=Cc1ccc(CCc2ccccc2)c2c(C(=O)O)ccc(C=O)c12. The molecule has 3 rings (SSSR count). The number of aromatic carboxylic acids is 1. The Hall–Kier alpha value is -3.27. The molecule has 0 amide bonds. The second-order valence-electron chi connectivity index (χ2n) is 5.79. The van der Waals surface area contributed by atoms with Crippen LogP contribution in [0.3, 0.4) is 0 Å². The molecular formula is C21H16O4. The Bertz CT molecular complexity index is 944. The minimum absolute atomic E-state index is 0.104. The third-order valence-corrected chi connectivity index (χ3v) is 4.32. The van der Waals surface area contributed by atoms with Crippen LogP contribution in [0, 0.1) is 0 Å². The van der Waals surface area contributed by atoms with E-state index in [0.717, 1.165) is 17.5 Å². The van der Waals surface area contributed by atoms with E-state index in [1.54, 1.807) is 12.1 Å². The van der Waals surface area contributed by atoms with Crippen LogP contribution < -0.4 is 0 Å². The van der Waals surface area contributed by atoms with Crippen LogP contribution in [0.15, 0.2) is 54.6 Å². The van der Waals surface area contributed by atoms with Gasteiger partial charge in [-0.1, -0.05) is 48.5 Å². The lowest BCUT2D eigenvalue weighted by Gasteiger charge is -2.13. The average Bonchev–Trinajstić information content (AvgIpc) is 2.65. The standard InChI is InChI=1S/C21H16O4/c22-12-16-9-8-15(7-6-14-4-2-1-3-5-14)20-18(21(24)25)11-10-17(13-23)19(16)20/h1-5,8-13H,6-7H2,(H,24,25). The Morgan fingerprint density at radius 1 is 0.800 bits per heavy atom. The molecule has 25 heavy (non-hydrogen) atoms. The summed E-state index contributed by atoms with van der Waals surface area (Å²) < 4.78 is 0.